The number of nitrogens with one attached hydrogen (secondary N) is 1. The fourth-order valence-corrected chi connectivity index (χ4v) is 3.57. The van der Waals surface area contributed by atoms with E-state index in [0.29, 0.717) is 16.4 Å². The number of thiazole rings is 1. The van der Waals surface area contributed by atoms with Crippen LogP contribution in [0.15, 0.2) is 30.5 Å². The number of sulfonamides is 1. The average Bonchev–Trinajstić information content (AvgIpc) is 2.66. The van der Waals surface area contributed by atoms with E-state index < -0.39 is 10.0 Å². The van der Waals surface area contributed by atoms with E-state index in [9.17, 15) is 8.42 Å². The number of hydrogen-bond donors (Lipinski definition) is 2. The zero-order valence-electron chi connectivity index (χ0n) is 9.75. The van der Waals surface area contributed by atoms with Gasteiger partial charge in [0.15, 0.2) is 5.13 Å². The second kappa shape index (κ2) is 4.95. The molecule has 18 heavy (non-hydrogen) atoms. The highest BCUT2D eigenvalue weighted by atomic mass is 32.2. The van der Waals surface area contributed by atoms with Crippen molar-refractivity contribution in [1.82, 2.24) is 4.98 Å². The second-order valence-electron chi connectivity index (χ2n) is 3.84. The topological polar surface area (TPSA) is 85.1 Å². The van der Waals surface area contributed by atoms with Gasteiger partial charge in [-0.1, -0.05) is 18.2 Å². The molecule has 0 saturated heterocycles. The molecule has 2 rings (SSSR count). The summed E-state index contributed by atoms with van der Waals surface area (Å²) < 4.78 is 26.3. The minimum atomic E-state index is -3.48. The van der Waals surface area contributed by atoms with Gasteiger partial charge in [-0.3, -0.25) is 4.72 Å². The summed E-state index contributed by atoms with van der Waals surface area (Å²) in [6.07, 6.45) is 1.62. The molecular weight excluding hydrogens is 270 g/mol. The van der Waals surface area contributed by atoms with Crippen LogP contribution >= 0.6 is 11.3 Å². The van der Waals surface area contributed by atoms with E-state index in [4.69, 9.17) is 5.73 Å². The first kappa shape index (κ1) is 12.8. The van der Waals surface area contributed by atoms with Gasteiger partial charge in [0.2, 0.25) is 10.0 Å². The summed E-state index contributed by atoms with van der Waals surface area (Å²) in [5.74, 6) is -0.154. The Balaban J connectivity index is 2.15. The van der Waals surface area contributed by atoms with Gasteiger partial charge < -0.3 is 5.73 Å². The first-order chi connectivity index (χ1) is 8.46. The number of aromatic nitrogens is 1. The average molecular weight is 283 g/mol. The third-order valence-corrected chi connectivity index (χ3v) is 4.42. The Morgan fingerprint density at radius 1 is 1.39 bits per heavy atom. The van der Waals surface area contributed by atoms with Crippen molar-refractivity contribution >= 4 is 32.2 Å². The van der Waals surface area contributed by atoms with Crippen molar-refractivity contribution in [2.45, 2.75) is 12.7 Å². The molecule has 1 heterocycles. The van der Waals surface area contributed by atoms with Gasteiger partial charge in [0.1, 0.15) is 0 Å². The van der Waals surface area contributed by atoms with E-state index in [1.165, 1.54) is 11.3 Å². The van der Waals surface area contributed by atoms with Crippen LogP contribution in [0.1, 0.15) is 10.4 Å². The smallest absolute Gasteiger partial charge is 0.238 e. The van der Waals surface area contributed by atoms with Gasteiger partial charge in [-0.05, 0) is 18.6 Å². The van der Waals surface area contributed by atoms with E-state index in [-0.39, 0.29) is 5.75 Å². The van der Waals surface area contributed by atoms with Crippen molar-refractivity contribution in [3.8, 4) is 0 Å². The SMILES string of the molecule is Cc1cnc(NS(=O)(=O)Cc2ccccc2N)s1. The molecule has 5 nitrogen and oxygen atoms in total. The Labute approximate surface area is 110 Å². The van der Waals surface area contributed by atoms with Gasteiger partial charge in [-0.15, -0.1) is 11.3 Å². The normalized spacial score (nSPS) is 11.4. The predicted octanol–water partition coefficient (Wildman–Crippen LogP) is 1.98. The van der Waals surface area contributed by atoms with Gasteiger partial charge in [0.25, 0.3) is 0 Å². The van der Waals surface area contributed by atoms with Crippen molar-refractivity contribution < 1.29 is 8.42 Å². The predicted molar refractivity (Wildman–Crippen MR) is 74.0 cm³/mol. The Bertz CT molecular complexity index is 650. The van der Waals surface area contributed by atoms with Gasteiger partial charge in [-0.25, -0.2) is 13.4 Å². The number of hydrogen-bond acceptors (Lipinski definition) is 5. The van der Waals surface area contributed by atoms with Crippen molar-refractivity contribution in [1.29, 1.82) is 0 Å². The lowest BCUT2D eigenvalue weighted by Crippen LogP contribution is -2.15. The van der Waals surface area contributed by atoms with Crippen LogP contribution in [0.5, 0.6) is 0 Å². The van der Waals surface area contributed by atoms with E-state index in [1.807, 2.05) is 6.92 Å². The van der Waals surface area contributed by atoms with E-state index >= 15 is 0 Å². The first-order valence-corrected chi connectivity index (χ1v) is 7.69. The highest BCUT2D eigenvalue weighted by molar-refractivity contribution is 7.92. The lowest BCUT2D eigenvalue weighted by Gasteiger charge is -2.07. The molecular formula is C11H13N3O2S2. The summed E-state index contributed by atoms with van der Waals surface area (Å²) in [4.78, 5) is 4.91. The highest BCUT2D eigenvalue weighted by Gasteiger charge is 2.14. The van der Waals surface area contributed by atoms with Gasteiger partial charge in [0.05, 0.1) is 5.75 Å². The maximum absolute atomic E-state index is 11.9. The zero-order chi connectivity index (χ0) is 13.2. The second-order valence-corrected chi connectivity index (χ2v) is 6.79. The van der Waals surface area contributed by atoms with Crippen LogP contribution in [0, 0.1) is 6.92 Å². The molecule has 2 aromatic rings. The molecule has 0 spiro atoms. The Hall–Kier alpha value is -1.60. The van der Waals surface area contributed by atoms with Crippen LogP contribution < -0.4 is 10.5 Å². The first-order valence-electron chi connectivity index (χ1n) is 5.22. The number of nitrogen functional groups attached to an aromatic ring is 1. The number of benzene rings is 1. The molecule has 1 aromatic carbocycles. The molecule has 0 bridgehead atoms. The summed E-state index contributed by atoms with van der Waals surface area (Å²) in [7, 11) is -3.48. The van der Waals surface area contributed by atoms with Crippen molar-refractivity contribution in [2.75, 3.05) is 10.5 Å². The largest absolute Gasteiger partial charge is 0.398 e. The third-order valence-electron chi connectivity index (χ3n) is 2.26. The molecule has 1 aromatic heterocycles. The van der Waals surface area contributed by atoms with E-state index in [2.05, 4.69) is 9.71 Å². The van der Waals surface area contributed by atoms with Crippen LogP contribution in [-0.4, -0.2) is 13.4 Å². The molecule has 0 aliphatic carbocycles. The van der Waals surface area contributed by atoms with Crippen LogP contribution in [0.2, 0.25) is 0 Å². The molecule has 96 valence electrons. The highest BCUT2D eigenvalue weighted by Crippen LogP contribution is 2.20. The number of aryl methyl sites for hydroxylation is 1. The van der Waals surface area contributed by atoms with Crippen LogP contribution in [0.25, 0.3) is 0 Å². The lowest BCUT2D eigenvalue weighted by molar-refractivity contribution is 0.600. The van der Waals surface area contributed by atoms with Gasteiger partial charge in [0, 0.05) is 16.8 Å². The van der Waals surface area contributed by atoms with E-state index in [0.717, 1.165) is 4.88 Å². The molecule has 0 unspecified atom stereocenters. The lowest BCUT2D eigenvalue weighted by atomic mass is 10.2. The zero-order valence-corrected chi connectivity index (χ0v) is 11.4. The maximum atomic E-state index is 11.9. The Kier molecular flexibility index (Phi) is 3.53. The summed E-state index contributed by atoms with van der Waals surface area (Å²) >= 11 is 1.30. The molecule has 3 N–H and O–H groups in total. The molecule has 0 aliphatic heterocycles. The minimum Gasteiger partial charge on any atom is -0.398 e. The Morgan fingerprint density at radius 3 is 2.72 bits per heavy atom. The molecule has 7 heteroatoms. The van der Waals surface area contributed by atoms with Crippen molar-refractivity contribution in [3.63, 3.8) is 0 Å². The summed E-state index contributed by atoms with van der Waals surface area (Å²) in [5.41, 5.74) is 6.77. The van der Waals surface area contributed by atoms with Crippen LogP contribution in [0.3, 0.4) is 0 Å². The maximum Gasteiger partial charge on any atom is 0.238 e. The van der Waals surface area contributed by atoms with Crippen molar-refractivity contribution in [3.05, 3.63) is 40.9 Å². The quantitative estimate of drug-likeness (QED) is 0.840. The summed E-state index contributed by atoms with van der Waals surface area (Å²) in [6.45, 7) is 1.87. The number of nitrogens with zero attached hydrogens (tertiary/aromatic N) is 1. The molecule has 0 radical (unpaired) electrons. The Morgan fingerprint density at radius 2 is 2.11 bits per heavy atom. The number of anilines is 2. The standard InChI is InChI=1S/C11H13N3O2S2/c1-8-6-13-11(17-8)14-18(15,16)7-9-4-2-3-5-10(9)12/h2-6H,7,12H2,1H3,(H,13,14). The summed E-state index contributed by atoms with van der Waals surface area (Å²) in [6, 6.07) is 6.90. The van der Waals surface area contributed by atoms with E-state index in [1.54, 1.807) is 30.5 Å². The van der Waals surface area contributed by atoms with Crippen LogP contribution in [0.4, 0.5) is 10.8 Å². The number of nitrogens with two attached hydrogens (primary N) is 1. The number of para-hydroxylation sites is 1. The third kappa shape index (κ3) is 3.21. The van der Waals surface area contributed by atoms with Gasteiger partial charge in [-0.2, -0.15) is 0 Å². The number of rotatable bonds is 4. The molecule has 0 aliphatic rings. The fourth-order valence-electron chi connectivity index (χ4n) is 1.44. The molecule has 0 amide bonds. The van der Waals surface area contributed by atoms with Crippen LogP contribution in [-0.2, 0) is 15.8 Å². The summed E-state index contributed by atoms with van der Waals surface area (Å²) in [5, 5.41) is 0.377. The monoisotopic (exact) mass is 283 g/mol. The van der Waals surface area contributed by atoms with Crippen molar-refractivity contribution in [2.24, 2.45) is 0 Å². The molecule has 0 saturated carbocycles. The molecule has 0 fully saturated rings. The minimum absolute atomic E-state index is 0.154. The van der Waals surface area contributed by atoms with Gasteiger partial charge >= 0.3 is 0 Å². The fraction of sp³-hybridized carbons (Fsp3) is 0.182. The molecule has 0 atom stereocenters.